The largest absolute Gasteiger partial charge is 0.493 e. The van der Waals surface area contributed by atoms with Crippen molar-refractivity contribution in [2.45, 2.75) is 6.54 Å². The number of para-hydroxylation sites is 1. The summed E-state index contributed by atoms with van der Waals surface area (Å²) in [6.45, 7) is 0.466. The summed E-state index contributed by atoms with van der Waals surface area (Å²) in [5, 5.41) is 10.5. The van der Waals surface area contributed by atoms with E-state index in [0.717, 1.165) is 16.8 Å². The number of methoxy groups -OCH3 is 1. The lowest BCUT2D eigenvalue weighted by molar-refractivity contribution is -0.116. The summed E-state index contributed by atoms with van der Waals surface area (Å²) in [4.78, 5) is 12.6. The Hall–Kier alpha value is -4.24. The smallest absolute Gasteiger partial charge is 0.262 e. The molecule has 31 heavy (non-hydrogen) atoms. The Labute approximate surface area is 181 Å². The first-order valence-corrected chi connectivity index (χ1v) is 9.72. The van der Waals surface area contributed by atoms with E-state index < -0.39 is 0 Å². The molecule has 0 aliphatic rings. The fourth-order valence-electron chi connectivity index (χ4n) is 2.93. The van der Waals surface area contributed by atoms with E-state index >= 15 is 0 Å². The van der Waals surface area contributed by atoms with E-state index in [9.17, 15) is 4.79 Å². The molecule has 0 bridgehead atoms. The van der Waals surface area contributed by atoms with Gasteiger partial charge in [0.1, 0.15) is 6.07 Å². The lowest BCUT2D eigenvalue weighted by Gasteiger charge is -2.25. The maximum Gasteiger partial charge on any atom is 0.262 e. The van der Waals surface area contributed by atoms with Crippen molar-refractivity contribution in [2.24, 2.45) is 0 Å². The van der Waals surface area contributed by atoms with E-state index in [0.29, 0.717) is 18.0 Å². The van der Waals surface area contributed by atoms with Gasteiger partial charge in [-0.2, -0.15) is 5.26 Å². The Morgan fingerprint density at radius 1 is 1.03 bits per heavy atom. The number of anilines is 1. The lowest BCUT2D eigenvalue weighted by atomic mass is 10.2. The van der Waals surface area contributed by atoms with Crippen molar-refractivity contribution >= 4 is 17.7 Å². The number of hydrazine groups is 1. The molecule has 0 heterocycles. The third-order valence-electron chi connectivity index (χ3n) is 4.40. The highest BCUT2D eigenvalue weighted by molar-refractivity contribution is 5.92. The number of hydrogen-bond donors (Lipinski definition) is 1. The fraction of sp³-hybridized carbons (Fsp3) is 0.120. The van der Waals surface area contributed by atoms with Gasteiger partial charge in [-0.15, -0.1) is 0 Å². The molecular formula is C25H23N3O3. The zero-order valence-corrected chi connectivity index (χ0v) is 17.2. The molecule has 6 nitrogen and oxygen atoms in total. The van der Waals surface area contributed by atoms with E-state index in [1.54, 1.807) is 29.3 Å². The Kier molecular flexibility index (Phi) is 7.67. The van der Waals surface area contributed by atoms with Crippen LogP contribution >= 0.6 is 0 Å². The molecule has 3 rings (SSSR count). The molecule has 0 aromatic heterocycles. The Bertz CT molecular complexity index is 1060. The third-order valence-corrected chi connectivity index (χ3v) is 4.40. The van der Waals surface area contributed by atoms with Crippen LogP contribution in [0, 0.1) is 11.3 Å². The van der Waals surface area contributed by atoms with Gasteiger partial charge >= 0.3 is 0 Å². The van der Waals surface area contributed by atoms with Crippen molar-refractivity contribution in [3.8, 4) is 17.6 Å². The van der Waals surface area contributed by atoms with Crippen LogP contribution in [0.2, 0.25) is 0 Å². The Balaban J connectivity index is 1.72. The molecule has 0 radical (unpaired) electrons. The number of ether oxygens (including phenoxy) is 2. The minimum atomic E-state index is -0.261. The van der Waals surface area contributed by atoms with E-state index in [1.165, 1.54) is 13.2 Å². The van der Waals surface area contributed by atoms with Gasteiger partial charge < -0.3 is 9.47 Å². The zero-order chi connectivity index (χ0) is 21.9. The highest BCUT2D eigenvalue weighted by atomic mass is 16.5. The summed E-state index contributed by atoms with van der Waals surface area (Å²) < 4.78 is 10.6. The first-order chi connectivity index (χ1) is 15.2. The number of hydrogen-bond acceptors (Lipinski definition) is 5. The van der Waals surface area contributed by atoms with Crippen molar-refractivity contribution in [1.29, 1.82) is 5.26 Å². The van der Waals surface area contributed by atoms with Gasteiger partial charge in [0.15, 0.2) is 18.1 Å². The summed E-state index contributed by atoms with van der Waals surface area (Å²) in [6.07, 6.45) is 3.16. The second kappa shape index (κ2) is 11.1. The Morgan fingerprint density at radius 3 is 2.42 bits per heavy atom. The molecule has 6 heteroatoms. The van der Waals surface area contributed by atoms with Gasteiger partial charge in [-0.1, -0.05) is 54.6 Å². The number of nitrogens with zero attached hydrogens (tertiary/aromatic N) is 2. The first-order valence-electron chi connectivity index (χ1n) is 9.72. The van der Waals surface area contributed by atoms with Crippen LogP contribution in [0.4, 0.5) is 5.69 Å². The quantitative estimate of drug-likeness (QED) is 0.417. The second-order valence-electron chi connectivity index (χ2n) is 6.57. The number of nitrogens with one attached hydrogen (secondary N) is 1. The van der Waals surface area contributed by atoms with Crippen molar-refractivity contribution in [3.05, 3.63) is 96.1 Å². The Morgan fingerprint density at radius 2 is 1.74 bits per heavy atom. The number of amides is 1. The summed E-state index contributed by atoms with van der Waals surface area (Å²) in [6, 6.07) is 26.8. The second-order valence-corrected chi connectivity index (χ2v) is 6.57. The van der Waals surface area contributed by atoms with Crippen molar-refractivity contribution in [2.75, 3.05) is 18.7 Å². The SMILES string of the molecule is COc1cc(/C=C/C(=O)NN(Cc2ccccc2)c2ccccc2)ccc1OCC#N. The maximum atomic E-state index is 12.6. The van der Waals surface area contributed by atoms with E-state index in [4.69, 9.17) is 14.7 Å². The molecule has 0 atom stereocenters. The minimum Gasteiger partial charge on any atom is -0.493 e. The van der Waals surface area contributed by atoms with Crippen LogP contribution in [-0.2, 0) is 11.3 Å². The van der Waals surface area contributed by atoms with Crippen LogP contribution in [-0.4, -0.2) is 19.6 Å². The summed E-state index contributed by atoms with van der Waals surface area (Å²) >= 11 is 0. The number of rotatable bonds is 9. The average Bonchev–Trinajstić information content (AvgIpc) is 2.82. The molecule has 0 aliphatic carbocycles. The average molecular weight is 413 g/mol. The van der Waals surface area contributed by atoms with Crippen LogP contribution in [0.15, 0.2) is 84.9 Å². The molecule has 3 aromatic rings. The third kappa shape index (κ3) is 6.38. The van der Waals surface area contributed by atoms with Gasteiger partial charge in [0.2, 0.25) is 0 Å². The number of benzene rings is 3. The number of carbonyl (C=O) groups excluding carboxylic acids is 1. The molecule has 0 saturated carbocycles. The predicted octanol–water partition coefficient (Wildman–Crippen LogP) is 4.35. The zero-order valence-electron chi connectivity index (χ0n) is 17.2. The highest BCUT2D eigenvalue weighted by Crippen LogP contribution is 2.28. The molecule has 1 amide bonds. The van der Waals surface area contributed by atoms with Crippen molar-refractivity contribution < 1.29 is 14.3 Å². The lowest BCUT2D eigenvalue weighted by Crippen LogP contribution is -2.41. The topological polar surface area (TPSA) is 74.6 Å². The van der Waals surface area contributed by atoms with Crippen molar-refractivity contribution in [3.63, 3.8) is 0 Å². The minimum absolute atomic E-state index is 0.0648. The van der Waals surface area contributed by atoms with Crippen molar-refractivity contribution in [1.82, 2.24) is 5.43 Å². The first kappa shape index (κ1) is 21.5. The van der Waals surface area contributed by atoms with Gasteiger partial charge in [-0.25, -0.2) is 0 Å². The molecule has 1 N–H and O–H groups in total. The van der Waals surface area contributed by atoms with Crippen LogP contribution < -0.4 is 19.9 Å². The molecule has 0 spiro atoms. The molecule has 3 aromatic carbocycles. The van der Waals surface area contributed by atoms with E-state index in [1.807, 2.05) is 66.7 Å². The predicted molar refractivity (Wildman–Crippen MR) is 120 cm³/mol. The highest BCUT2D eigenvalue weighted by Gasteiger charge is 2.10. The van der Waals surface area contributed by atoms with Crippen LogP contribution in [0.5, 0.6) is 11.5 Å². The molecular weight excluding hydrogens is 390 g/mol. The van der Waals surface area contributed by atoms with Crippen LogP contribution in [0.25, 0.3) is 6.08 Å². The molecule has 156 valence electrons. The molecule has 0 saturated heterocycles. The van der Waals surface area contributed by atoms with Crippen LogP contribution in [0.1, 0.15) is 11.1 Å². The number of carbonyl (C=O) groups is 1. The van der Waals surface area contributed by atoms with Gasteiger partial charge in [-0.05, 0) is 41.5 Å². The maximum absolute atomic E-state index is 12.6. The normalized spacial score (nSPS) is 10.3. The standard InChI is InChI=1S/C25H23N3O3/c1-30-24-18-20(12-14-23(24)31-17-16-26)13-15-25(29)27-28(22-10-6-3-7-11-22)19-21-8-4-2-5-9-21/h2-15,18H,17,19H2,1H3,(H,27,29)/b15-13+. The molecule has 0 aliphatic heterocycles. The van der Waals surface area contributed by atoms with Crippen LogP contribution in [0.3, 0.4) is 0 Å². The fourth-order valence-corrected chi connectivity index (χ4v) is 2.93. The van der Waals surface area contributed by atoms with Gasteiger partial charge in [0.05, 0.1) is 19.3 Å². The summed E-state index contributed by atoms with van der Waals surface area (Å²) in [5.74, 6) is 0.708. The number of nitriles is 1. The monoisotopic (exact) mass is 413 g/mol. The molecule has 0 fully saturated rings. The van der Waals surface area contributed by atoms with E-state index in [-0.39, 0.29) is 12.5 Å². The van der Waals surface area contributed by atoms with Gasteiger partial charge in [0, 0.05) is 6.08 Å². The van der Waals surface area contributed by atoms with E-state index in [2.05, 4.69) is 5.43 Å². The summed E-state index contributed by atoms with van der Waals surface area (Å²) in [7, 11) is 1.52. The van der Waals surface area contributed by atoms with Gasteiger partial charge in [-0.3, -0.25) is 15.2 Å². The molecule has 0 unspecified atom stereocenters. The summed E-state index contributed by atoms with van der Waals surface area (Å²) in [5.41, 5.74) is 5.66. The van der Waals surface area contributed by atoms with Gasteiger partial charge in [0.25, 0.3) is 5.91 Å².